The number of hydrogen-bond acceptors (Lipinski definition) is 3. The maximum atomic E-state index is 5.82. The molecule has 0 spiro atoms. The molecule has 1 aliphatic rings. The number of thiocarbonyl (C=S) groups is 1. The summed E-state index contributed by atoms with van der Waals surface area (Å²) in [6.45, 7) is 8.03. The molecule has 0 aromatic carbocycles. The third kappa shape index (κ3) is 3.10. The van der Waals surface area contributed by atoms with Gasteiger partial charge in [0.15, 0.2) is 0 Å². The van der Waals surface area contributed by atoms with Crippen molar-refractivity contribution >= 4 is 17.2 Å². The molecular weight excluding hydrogens is 246 g/mol. The average molecular weight is 267 g/mol. The van der Waals surface area contributed by atoms with Gasteiger partial charge in [0.2, 0.25) is 0 Å². The maximum absolute atomic E-state index is 5.82. The summed E-state index contributed by atoms with van der Waals surface area (Å²) in [6, 6.07) is 4.49. The van der Waals surface area contributed by atoms with E-state index in [0.29, 0.717) is 11.0 Å². The van der Waals surface area contributed by atoms with Crippen LogP contribution in [0.5, 0.6) is 0 Å². The first kappa shape index (κ1) is 13.5. The van der Waals surface area contributed by atoms with E-state index in [0.717, 1.165) is 31.9 Å². The Balaban J connectivity index is 2.00. The Hall–Kier alpha value is -0.910. The monoisotopic (exact) mass is 267 g/mol. The van der Waals surface area contributed by atoms with Crippen molar-refractivity contribution in [2.75, 3.05) is 19.7 Å². The first-order chi connectivity index (χ1) is 8.58. The van der Waals surface area contributed by atoms with Crippen LogP contribution in [0.2, 0.25) is 0 Å². The van der Waals surface area contributed by atoms with Gasteiger partial charge < -0.3 is 15.0 Å². The first-order valence-electron chi connectivity index (χ1n) is 6.38. The van der Waals surface area contributed by atoms with Crippen molar-refractivity contribution in [1.29, 1.82) is 0 Å². The van der Waals surface area contributed by atoms with E-state index in [1.165, 1.54) is 0 Å². The molecular formula is C13H21N3OS. The fraction of sp³-hybridized carbons (Fsp3) is 0.615. The molecule has 100 valence electrons. The summed E-state index contributed by atoms with van der Waals surface area (Å²) in [6.07, 6.45) is 2.22. The minimum Gasteiger partial charge on any atom is -0.388 e. The number of nitrogens with two attached hydrogens (primary N) is 1. The highest BCUT2D eigenvalue weighted by Gasteiger charge is 2.23. The quantitative estimate of drug-likeness (QED) is 0.833. The summed E-state index contributed by atoms with van der Waals surface area (Å²) in [5.41, 5.74) is 6.61. The molecule has 18 heavy (non-hydrogen) atoms. The van der Waals surface area contributed by atoms with E-state index in [1.54, 1.807) is 0 Å². The second-order valence-corrected chi connectivity index (χ2v) is 5.43. The fourth-order valence-electron chi connectivity index (χ4n) is 2.34. The molecule has 1 aromatic heterocycles. The normalized spacial score (nSPS) is 21.4. The molecule has 1 fully saturated rings. The zero-order valence-electron chi connectivity index (χ0n) is 11.0. The lowest BCUT2D eigenvalue weighted by molar-refractivity contribution is -0.0456. The minimum atomic E-state index is 0.210. The lowest BCUT2D eigenvalue weighted by Crippen LogP contribution is -2.47. The van der Waals surface area contributed by atoms with E-state index in [4.69, 9.17) is 22.7 Å². The van der Waals surface area contributed by atoms with Crippen molar-refractivity contribution in [3.63, 3.8) is 0 Å². The molecule has 1 aromatic rings. The average Bonchev–Trinajstić information content (AvgIpc) is 2.77. The summed E-state index contributed by atoms with van der Waals surface area (Å²) >= 11 is 5.04. The van der Waals surface area contributed by atoms with Gasteiger partial charge in [-0.15, -0.1) is 0 Å². The standard InChI is InChI=1S/C13H21N3OS/c1-10(2)15-6-7-17-11(8-15)9-16-5-3-4-12(16)13(14)18/h3-5,10-11H,6-9H2,1-2H3,(H2,14,18). The van der Waals surface area contributed by atoms with E-state index in [2.05, 4.69) is 23.3 Å². The molecule has 0 amide bonds. The summed E-state index contributed by atoms with van der Waals surface area (Å²) in [5, 5.41) is 0. The third-order valence-corrected chi connectivity index (χ3v) is 3.59. The fourth-order valence-corrected chi connectivity index (χ4v) is 2.52. The third-order valence-electron chi connectivity index (χ3n) is 3.38. The van der Waals surface area contributed by atoms with Crippen LogP contribution in [0.3, 0.4) is 0 Å². The van der Waals surface area contributed by atoms with Crippen LogP contribution >= 0.6 is 12.2 Å². The van der Waals surface area contributed by atoms with Gasteiger partial charge in [-0.2, -0.15) is 0 Å². The van der Waals surface area contributed by atoms with Gasteiger partial charge in [-0.1, -0.05) is 12.2 Å². The topological polar surface area (TPSA) is 43.4 Å². The zero-order chi connectivity index (χ0) is 13.1. The highest BCUT2D eigenvalue weighted by Crippen LogP contribution is 2.12. The summed E-state index contributed by atoms with van der Waals surface area (Å²) in [5.74, 6) is 0. The molecule has 1 unspecified atom stereocenters. The van der Waals surface area contributed by atoms with E-state index in [1.807, 2.05) is 18.3 Å². The largest absolute Gasteiger partial charge is 0.388 e. The summed E-state index contributed by atoms with van der Waals surface area (Å²) in [7, 11) is 0. The van der Waals surface area contributed by atoms with Gasteiger partial charge in [-0.3, -0.25) is 4.90 Å². The maximum Gasteiger partial charge on any atom is 0.120 e. The van der Waals surface area contributed by atoms with Crippen LogP contribution < -0.4 is 5.73 Å². The SMILES string of the molecule is CC(C)N1CCOC(Cn2cccc2C(N)=S)C1. The van der Waals surface area contributed by atoms with Crippen molar-refractivity contribution in [3.05, 3.63) is 24.0 Å². The van der Waals surface area contributed by atoms with Crippen molar-refractivity contribution in [2.45, 2.75) is 32.5 Å². The smallest absolute Gasteiger partial charge is 0.120 e. The molecule has 4 nitrogen and oxygen atoms in total. The molecule has 1 aliphatic heterocycles. The van der Waals surface area contributed by atoms with Crippen molar-refractivity contribution < 1.29 is 4.74 Å². The van der Waals surface area contributed by atoms with Gasteiger partial charge >= 0.3 is 0 Å². The van der Waals surface area contributed by atoms with Gasteiger partial charge in [0.05, 0.1) is 24.9 Å². The van der Waals surface area contributed by atoms with Crippen LogP contribution in [-0.4, -0.2) is 46.3 Å². The first-order valence-corrected chi connectivity index (χ1v) is 6.79. The second kappa shape index (κ2) is 5.82. The number of aromatic nitrogens is 1. The van der Waals surface area contributed by atoms with Gasteiger partial charge in [0, 0.05) is 25.3 Å². The molecule has 2 heterocycles. The Morgan fingerprint density at radius 1 is 1.61 bits per heavy atom. The van der Waals surface area contributed by atoms with Crippen molar-refractivity contribution in [2.24, 2.45) is 5.73 Å². The Bertz CT molecular complexity index is 416. The molecule has 2 rings (SSSR count). The lowest BCUT2D eigenvalue weighted by Gasteiger charge is -2.35. The van der Waals surface area contributed by atoms with E-state index >= 15 is 0 Å². The summed E-state index contributed by atoms with van der Waals surface area (Å²) in [4.78, 5) is 2.88. The Labute approximate surface area is 114 Å². The number of morpholine rings is 1. The number of hydrogen-bond donors (Lipinski definition) is 1. The van der Waals surface area contributed by atoms with Crippen LogP contribution in [0.25, 0.3) is 0 Å². The molecule has 1 saturated heterocycles. The number of ether oxygens (including phenoxy) is 1. The van der Waals surface area contributed by atoms with Gasteiger partial charge in [0.1, 0.15) is 4.99 Å². The molecule has 0 bridgehead atoms. The van der Waals surface area contributed by atoms with Crippen molar-refractivity contribution in [3.8, 4) is 0 Å². The molecule has 0 saturated carbocycles. The zero-order valence-corrected chi connectivity index (χ0v) is 11.8. The predicted molar refractivity (Wildman–Crippen MR) is 76.8 cm³/mol. The molecule has 0 radical (unpaired) electrons. The van der Waals surface area contributed by atoms with Crippen LogP contribution in [0.4, 0.5) is 0 Å². The molecule has 5 heteroatoms. The van der Waals surface area contributed by atoms with E-state index < -0.39 is 0 Å². The Morgan fingerprint density at radius 3 is 3.06 bits per heavy atom. The van der Waals surface area contributed by atoms with Crippen LogP contribution in [0.15, 0.2) is 18.3 Å². The van der Waals surface area contributed by atoms with Gasteiger partial charge in [0.25, 0.3) is 0 Å². The van der Waals surface area contributed by atoms with E-state index in [9.17, 15) is 0 Å². The predicted octanol–water partition coefficient (Wildman–Crippen LogP) is 1.23. The second-order valence-electron chi connectivity index (χ2n) is 4.99. The van der Waals surface area contributed by atoms with Crippen LogP contribution in [0, 0.1) is 0 Å². The highest BCUT2D eigenvalue weighted by atomic mass is 32.1. The number of rotatable bonds is 4. The van der Waals surface area contributed by atoms with Crippen LogP contribution in [-0.2, 0) is 11.3 Å². The minimum absolute atomic E-state index is 0.210. The van der Waals surface area contributed by atoms with Gasteiger partial charge in [-0.25, -0.2) is 0 Å². The van der Waals surface area contributed by atoms with Gasteiger partial charge in [-0.05, 0) is 26.0 Å². The summed E-state index contributed by atoms with van der Waals surface area (Å²) < 4.78 is 7.90. The number of nitrogens with zero attached hydrogens (tertiary/aromatic N) is 2. The Kier molecular flexibility index (Phi) is 4.37. The van der Waals surface area contributed by atoms with Crippen molar-refractivity contribution in [1.82, 2.24) is 9.47 Å². The van der Waals surface area contributed by atoms with E-state index in [-0.39, 0.29) is 6.10 Å². The molecule has 2 N–H and O–H groups in total. The lowest BCUT2D eigenvalue weighted by atomic mass is 10.2. The molecule has 0 aliphatic carbocycles. The van der Waals surface area contributed by atoms with Crippen LogP contribution in [0.1, 0.15) is 19.5 Å². The highest BCUT2D eigenvalue weighted by molar-refractivity contribution is 7.80. The molecule has 1 atom stereocenters. The Morgan fingerprint density at radius 2 is 2.39 bits per heavy atom.